The van der Waals surface area contributed by atoms with Gasteiger partial charge in [0.1, 0.15) is 5.75 Å². The van der Waals surface area contributed by atoms with Gasteiger partial charge >= 0.3 is 0 Å². The van der Waals surface area contributed by atoms with Crippen LogP contribution in [0.3, 0.4) is 0 Å². The minimum atomic E-state index is -0.542. The summed E-state index contributed by atoms with van der Waals surface area (Å²) in [6, 6.07) is 8.82. The molecule has 0 radical (unpaired) electrons. The van der Waals surface area contributed by atoms with Gasteiger partial charge in [-0.2, -0.15) is 0 Å². The standard InChI is InChI=1S/C24H30N4O5/c1-17-16-20(33-27-17)22(30)28-13-9-24(10-14-28)8-4-5-15-32-19-7-3-2-6-18(19)21(29)25-11-12-26-23(24)31/h2-3,6-7,16H,4-5,8-15H2,1H3,(H,25,29)(H,26,31). The normalized spacial score (nSPS) is 19.6. The summed E-state index contributed by atoms with van der Waals surface area (Å²) in [5.74, 6) is 0.368. The minimum Gasteiger partial charge on any atom is -0.493 e. The van der Waals surface area contributed by atoms with E-state index in [1.807, 2.05) is 6.07 Å². The van der Waals surface area contributed by atoms with Crippen molar-refractivity contribution in [3.8, 4) is 5.75 Å². The first-order valence-corrected chi connectivity index (χ1v) is 11.5. The average Bonchev–Trinajstić information content (AvgIpc) is 3.27. The van der Waals surface area contributed by atoms with Gasteiger partial charge in [0.05, 0.1) is 23.3 Å². The van der Waals surface area contributed by atoms with Gasteiger partial charge in [-0.1, -0.05) is 17.3 Å². The lowest BCUT2D eigenvalue weighted by Crippen LogP contribution is -2.51. The van der Waals surface area contributed by atoms with Crippen molar-refractivity contribution in [3.63, 3.8) is 0 Å². The zero-order valence-corrected chi connectivity index (χ0v) is 18.9. The molecular formula is C24H30N4O5. The Hall–Kier alpha value is -3.36. The second-order valence-corrected chi connectivity index (χ2v) is 8.72. The van der Waals surface area contributed by atoms with Crippen LogP contribution in [-0.2, 0) is 4.79 Å². The molecule has 1 spiro atoms. The molecule has 1 fully saturated rings. The number of benzene rings is 1. The molecule has 9 nitrogen and oxygen atoms in total. The van der Waals surface area contributed by atoms with Gasteiger partial charge in [-0.25, -0.2) is 0 Å². The van der Waals surface area contributed by atoms with E-state index in [-0.39, 0.29) is 23.5 Å². The lowest BCUT2D eigenvalue weighted by Gasteiger charge is -2.40. The number of amides is 3. The third kappa shape index (κ3) is 5.18. The zero-order valence-electron chi connectivity index (χ0n) is 18.9. The second-order valence-electron chi connectivity index (χ2n) is 8.72. The van der Waals surface area contributed by atoms with Gasteiger partial charge in [0, 0.05) is 32.2 Å². The summed E-state index contributed by atoms with van der Waals surface area (Å²) in [5.41, 5.74) is 0.616. The molecule has 3 amide bonds. The van der Waals surface area contributed by atoms with Crippen LogP contribution in [-0.4, -0.2) is 60.6 Å². The molecule has 0 unspecified atom stereocenters. The molecule has 2 N–H and O–H groups in total. The van der Waals surface area contributed by atoms with Gasteiger partial charge in [0.25, 0.3) is 11.8 Å². The fourth-order valence-electron chi connectivity index (χ4n) is 4.51. The van der Waals surface area contributed by atoms with E-state index in [1.165, 1.54) is 0 Å². The summed E-state index contributed by atoms with van der Waals surface area (Å²) < 4.78 is 11.0. The molecule has 0 aliphatic carbocycles. The highest BCUT2D eigenvalue weighted by atomic mass is 16.5. The summed E-state index contributed by atoms with van der Waals surface area (Å²) in [7, 11) is 0. The number of nitrogens with one attached hydrogen (secondary N) is 2. The number of aryl methyl sites for hydroxylation is 1. The molecule has 4 rings (SSSR count). The molecule has 1 aromatic heterocycles. The Balaban J connectivity index is 1.41. The Bertz CT molecular complexity index is 1010. The van der Waals surface area contributed by atoms with Crippen LogP contribution in [0, 0.1) is 12.3 Å². The molecule has 1 saturated heterocycles. The number of piperidine rings is 1. The number of rotatable bonds is 1. The maximum absolute atomic E-state index is 13.2. The zero-order chi connectivity index (χ0) is 23.3. The van der Waals surface area contributed by atoms with Crippen LogP contribution in [0.2, 0.25) is 0 Å². The smallest absolute Gasteiger partial charge is 0.292 e. The SMILES string of the molecule is Cc1cc(C(=O)N2CCC3(CCCCOc4ccccc4C(=O)NCCNC3=O)CC2)on1. The predicted octanol–water partition coefficient (Wildman–Crippen LogP) is 2.31. The van der Waals surface area contributed by atoms with E-state index >= 15 is 0 Å². The lowest BCUT2D eigenvalue weighted by molar-refractivity contribution is -0.134. The average molecular weight is 455 g/mol. The van der Waals surface area contributed by atoms with E-state index in [0.29, 0.717) is 62.6 Å². The third-order valence-electron chi connectivity index (χ3n) is 6.46. The fraction of sp³-hybridized carbons (Fsp3) is 0.500. The fourth-order valence-corrected chi connectivity index (χ4v) is 4.51. The summed E-state index contributed by atoms with van der Waals surface area (Å²) >= 11 is 0. The van der Waals surface area contributed by atoms with E-state index in [9.17, 15) is 14.4 Å². The van der Waals surface area contributed by atoms with Gasteiger partial charge in [-0.3, -0.25) is 14.4 Å². The van der Waals surface area contributed by atoms with Crippen molar-refractivity contribution in [1.29, 1.82) is 0 Å². The van der Waals surface area contributed by atoms with Crippen LogP contribution in [0.15, 0.2) is 34.9 Å². The summed E-state index contributed by atoms with van der Waals surface area (Å²) in [4.78, 5) is 40.2. The Morgan fingerprint density at radius 1 is 1.06 bits per heavy atom. The van der Waals surface area contributed by atoms with Crippen molar-refractivity contribution in [2.24, 2.45) is 5.41 Å². The number of nitrogens with zero attached hydrogens (tertiary/aromatic N) is 2. The molecular weight excluding hydrogens is 424 g/mol. The second kappa shape index (κ2) is 10.1. The number of likely N-dealkylation sites (tertiary alicyclic amines) is 1. The van der Waals surface area contributed by atoms with Crippen molar-refractivity contribution in [2.75, 3.05) is 32.8 Å². The Morgan fingerprint density at radius 2 is 1.82 bits per heavy atom. The van der Waals surface area contributed by atoms with E-state index in [2.05, 4.69) is 15.8 Å². The van der Waals surface area contributed by atoms with Gasteiger partial charge < -0.3 is 24.8 Å². The van der Waals surface area contributed by atoms with E-state index in [1.54, 1.807) is 36.1 Å². The van der Waals surface area contributed by atoms with Crippen LogP contribution in [0.5, 0.6) is 5.75 Å². The van der Waals surface area contributed by atoms with E-state index in [0.717, 1.165) is 19.3 Å². The van der Waals surface area contributed by atoms with E-state index < -0.39 is 5.41 Å². The molecule has 33 heavy (non-hydrogen) atoms. The van der Waals surface area contributed by atoms with Gasteiger partial charge in [-0.05, 0) is 51.2 Å². The monoisotopic (exact) mass is 454 g/mol. The molecule has 2 aromatic rings. The highest BCUT2D eigenvalue weighted by Gasteiger charge is 2.42. The maximum Gasteiger partial charge on any atom is 0.292 e. The van der Waals surface area contributed by atoms with Crippen LogP contribution in [0.4, 0.5) is 0 Å². The van der Waals surface area contributed by atoms with Gasteiger partial charge in [0.2, 0.25) is 11.7 Å². The Kier molecular flexibility index (Phi) is 6.96. The van der Waals surface area contributed by atoms with Crippen LogP contribution < -0.4 is 15.4 Å². The number of fused-ring (bicyclic) bond motifs is 1. The summed E-state index contributed by atoms with van der Waals surface area (Å²) in [6.45, 7) is 3.87. The quantitative estimate of drug-likeness (QED) is 0.684. The molecule has 0 atom stereocenters. The molecule has 0 saturated carbocycles. The molecule has 1 aromatic carbocycles. The maximum atomic E-state index is 13.2. The molecule has 9 heteroatoms. The predicted molar refractivity (Wildman–Crippen MR) is 120 cm³/mol. The number of aromatic nitrogens is 1. The van der Waals surface area contributed by atoms with Crippen molar-refractivity contribution in [1.82, 2.24) is 20.7 Å². The summed E-state index contributed by atoms with van der Waals surface area (Å²) in [6.07, 6.45) is 3.46. The largest absolute Gasteiger partial charge is 0.493 e. The van der Waals surface area contributed by atoms with Crippen LogP contribution >= 0.6 is 0 Å². The topological polar surface area (TPSA) is 114 Å². The van der Waals surface area contributed by atoms with Crippen molar-refractivity contribution >= 4 is 17.7 Å². The highest BCUT2D eigenvalue weighted by Crippen LogP contribution is 2.37. The molecule has 3 heterocycles. The number of hydrogen-bond donors (Lipinski definition) is 2. The van der Waals surface area contributed by atoms with Crippen molar-refractivity contribution in [2.45, 2.75) is 39.0 Å². The Morgan fingerprint density at radius 3 is 2.58 bits per heavy atom. The number of para-hydroxylation sites is 1. The number of carbonyl (C=O) groups is 3. The van der Waals surface area contributed by atoms with Gasteiger partial charge in [0.15, 0.2) is 0 Å². The first kappa shape index (κ1) is 22.8. The summed E-state index contributed by atoms with van der Waals surface area (Å²) in [5, 5.41) is 9.64. The van der Waals surface area contributed by atoms with Crippen LogP contribution in [0.1, 0.15) is 58.7 Å². The van der Waals surface area contributed by atoms with E-state index in [4.69, 9.17) is 9.26 Å². The number of carbonyl (C=O) groups excluding carboxylic acids is 3. The van der Waals surface area contributed by atoms with Crippen LogP contribution in [0.25, 0.3) is 0 Å². The molecule has 176 valence electrons. The molecule has 2 aliphatic rings. The minimum absolute atomic E-state index is 0.0160. The number of hydrogen-bond acceptors (Lipinski definition) is 6. The lowest BCUT2D eigenvalue weighted by atomic mass is 9.73. The Labute approximate surface area is 192 Å². The molecule has 0 bridgehead atoms. The molecule has 2 aliphatic heterocycles. The van der Waals surface area contributed by atoms with Crippen molar-refractivity contribution in [3.05, 3.63) is 47.3 Å². The first-order chi connectivity index (χ1) is 16.0. The van der Waals surface area contributed by atoms with Crippen molar-refractivity contribution < 1.29 is 23.6 Å². The third-order valence-corrected chi connectivity index (χ3v) is 6.46. The first-order valence-electron chi connectivity index (χ1n) is 11.5. The van der Waals surface area contributed by atoms with Gasteiger partial charge in [-0.15, -0.1) is 0 Å². The number of ether oxygens (including phenoxy) is 1. The highest BCUT2D eigenvalue weighted by molar-refractivity contribution is 5.97.